The summed E-state index contributed by atoms with van der Waals surface area (Å²) in [6, 6.07) is 7.84. The molecule has 0 saturated heterocycles. The Morgan fingerprint density at radius 2 is 1.80 bits per heavy atom. The van der Waals surface area contributed by atoms with Crippen molar-refractivity contribution in [1.82, 2.24) is 9.80 Å². The molecule has 5 heteroatoms. The maximum atomic E-state index is 5.83. The van der Waals surface area contributed by atoms with Crippen molar-refractivity contribution in [3.05, 3.63) is 30.0 Å². The lowest BCUT2D eigenvalue weighted by Gasteiger charge is -2.22. The fourth-order valence-corrected chi connectivity index (χ4v) is 2.23. The normalized spacial score (nSPS) is 10.4. The van der Waals surface area contributed by atoms with Crippen molar-refractivity contribution >= 4 is 16.9 Å². The molecule has 0 bridgehead atoms. The van der Waals surface area contributed by atoms with Gasteiger partial charge in [0.2, 0.25) is 0 Å². The molecule has 0 saturated carbocycles. The Labute approximate surface area is 119 Å². The van der Waals surface area contributed by atoms with Crippen LogP contribution in [0.15, 0.2) is 33.7 Å². The highest BCUT2D eigenvalue weighted by molar-refractivity contribution is 5.85. The number of fused-ring (bicyclic) bond motifs is 1. The lowest BCUT2D eigenvalue weighted by Crippen LogP contribution is -2.35. The van der Waals surface area contributed by atoms with E-state index in [4.69, 9.17) is 9.15 Å². The Morgan fingerprint density at radius 1 is 1.15 bits per heavy atom. The molecule has 0 aliphatic heterocycles. The van der Waals surface area contributed by atoms with Gasteiger partial charge in [-0.2, -0.15) is 0 Å². The third kappa shape index (κ3) is 2.71. The van der Waals surface area contributed by atoms with Gasteiger partial charge in [0.15, 0.2) is 17.5 Å². The number of ether oxygens (including phenoxy) is 1. The van der Waals surface area contributed by atoms with Gasteiger partial charge in [0, 0.05) is 28.2 Å². The predicted octanol–water partition coefficient (Wildman–Crippen LogP) is 2.42. The average molecular weight is 275 g/mol. The van der Waals surface area contributed by atoms with Crippen molar-refractivity contribution < 1.29 is 9.15 Å². The van der Waals surface area contributed by atoms with Gasteiger partial charge in [-0.1, -0.05) is 12.1 Å². The Balaban J connectivity index is 2.36. The summed E-state index contributed by atoms with van der Waals surface area (Å²) >= 11 is 0. The fraction of sp³-hybridized carbons (Fsp3) is 0.400. The molecule has 0 spiro atoms. The number of methoxy groups -OCH3 is 1. The van der Waals surface area contributed by atoms with Crippen LogP contribution in [0.5, 0.6) is 5.75 Å². The standard InChI is InChI=1S/C15H21N3O2/c1-17(2)15(18(3)4)16-10-13-14(19-5)11-8-6-7-9-12(11)20-13/h6-9H,10H2,1-5H3. The topological polar surface area (TPSA) is 41.2 Å². The summed E-state index contributed by atoms with van der Waals surface area (Å²) in [4.78, 5) is 8.53. The first-order chi connectivity index (χ1) is 9.54. The number of hydrogen-bond acceptors (Lipinski definition) is 3. The third-order valence-corrected chi connectivity index (χ3v) is 2.99. The van der Waals surface area contributed by atoms with E-state index in [9.17, 15) is 0 Å². The third-order valence-electron chi connectivity index (χ3n) is 2.99. The number of furan rings is 1. The minimum atomic E-state index is 0.448. The summed E-state index contributed by atoms with van der Waals surface area (Å²) in [5.74, 6) is 2.39. The molecule has 0 aliphatic carbocycles. The second-order valence-electron chi connectivity index (χ2n) is 4.96. The Bertz CT molecular complexity index is 605. The second kappa shape index (κ2) is 5.86. The van der Waals surface area contributed by atoms with Crippen molar-refractivity contribution in [3.8, 4) is 5.75 Å². The molecule has 0 atom stereocenters. The van der Waals surface area contributed by atoms with Crippen LogP contribution < -0.4 is 4.74 Å². The smallest absolute Gasteiger partial charge is 0.195 e. The Morgan fingerprint density at radius 3 is 2.40 bits per heavy atom. The van der Waals surface area contributed by atoms with Gasteiger partial charge in [-0.15, -0.1) is 0 Å². The molecule has 0 amide bonds. The molecule has 0 aliphatic rings. The van der Waals surface area contributed by atoms with Crippen molar-refractivity contribution in [1.29, 1.82) is 0 Å². The lowest BCUT2D eigenvalue weighted by atomic mass is 10.2. The molecular formula is C15H21N3O2. The van der Waals surface area contributed by atoms with Crippen molar-refractivity contribution in [3.63, 3.8) is 0 Å². The number of nitrogens with zero attached hydrogens (tertiary/aromatic N) is 3. The van der Waals surface area contributed by atoms with Crippen LogP contribution in [0.4, 0.5) is 0 Å². The number of benzene rings is 1. The highest BCUT2D eigenvalue weighted by Crippen LogP contribution is 2.33. The zero-order valence-electron chi connectivity index (χ0n) is 12.7. The maximum absolute atomic E-state index is 5.83. The quantitative estimate of drug-likeness (QED) is 0.637. The van der Waals surface area contributed by atoms with Crippen LogP contribution in [-0.4, -0.2) is 51.1 Å². The first-order valence-electron chi connectivity index (χ1n) is 6.48. The van der Waals surface area contributed by atoms with Gasteiger partial charge in [0.1, 0.15) is 12.1 Å². The van der Waals surface area contributed by atoms with Crippen LogP contribution in [0.3, 0.4) is 0 Å². The van der Waals surface area contributed by atoms with E-state index in [0.717, 1.165) is 28.4 Å². The molecule has 0 N–H and O–H groups in total. The fourth-order valence-electron chi connectivity index (χ4n) is 2.23. The van der Waals surface area contributed by atoms with Crippen LogP contribution in [0.1, 0.15) is 5.76 Å². The summed E-state index contributed by atoms with van der Waals surface area (Å²) in [6.45, 7) is 0.448. The molecule has 2 rings (SSSR count). The molecule has 20 heavy (non-hydrogen) atoms. The monoisotopic (exact) mass is 275 g/mol. The number of para-hydroxylation sites is 1. The van der Waals surface area contributed by atoms with Gasteiger partial charge in [-0.05, 0) is 12.1 Å². The minimum absolute atomic E-state index is 0.448. The minimum Gasteiger partial charge on any atom is -0.492 e. The predicted molar refractivity (Wildman–Crippen MR) is 81.3 cm³/mol. The van der Waals surface area contributed by atoms with Crippen LogP contribution in [0, 0.1) is 0 Å². The van der Waals surface area contributed by atoms with E-state index in [-0.39, 0.29) is 0 Å². The molecule has 1 heterocycles. The molecule has 0 radical (unpaired) electrons. The first-order valence-corrected chi connectivity index (χ1v) is 6.48. The molecule has 0 unspecified atom stereocenters. The Hall–Kier alpha value is -2.17. The summed E-state index contributed by atoms with van der Waals surface area (Å²) in [7, 11) is 9.52. The van der Waals surface area contributed by atoms with Gasteiger partial charge >= 0.3 is 0 Å². The Kier molecular flexibility index (Phi) is 4.17. The van der Waals surface area contributed by atoms with E-state index in [1.165, 1.54) is 0 Å². The van der Waals surface area contributed by atoms with Crippen LogP contribution in [0.25, 0.3) is 11.0 Å². The SMILES string of the molecule is COc1c(CN=C(N(C)C)N(C)C)oc2ccccc12. The second-order valence-corrected chi connectivity index (χ2v) is 4.96. The number of aliphatic imine (C=N–C) groups is 1. The molecular weight excluding hydrogens is 254 g/mol. The van der Waals surface area contributed by atoms with Crippen LogP contribution >= 0.6 is 0 Å². The zero-order valence-corrected chi connectivity index (χ0v) is 12.7. The van der Waals surface area contributed by atoms with E-state index in [1.807, 2.05) is 62.3 Å². The number of hydrogen-bond donors (Lipinski definition) is 0. The average Bonchev–Trinajstić information content (AvgIpc) is 2.75. The zero-order chi connectivity index (χ0) is 14.7. The van der Waals surface area contributed by atoms with Gasteiger partial charge < -0.3 is 19.0 Å². The molecule has 1 aromatic carbocycles. The van der Waals surface area contributed by atoms with E-state index in [2.05, 4.69) is 4.99 Å². The molecule has 108 valence electrons. The molecule has 5 nitrogen and oxygen atoms in total. The van der Waals surface area contributed by atoms with Gasteiger partial charge in [-0.25, -0.2) is 4.99 Å². The summed E-state index contributed by atoms with van der Waals surface area (Å²) < 4.78 is 11.3. The lowest BCUT2D eigenvalue weighted by molar-refractivity contribution is 0.395. The van der Waals surface area contributed by atoms with E-state index >= 15 is 0 Å². The van der Waals surface area contributed by atoms with Crippen molar-refractivity contribution in [2.75, 3.05) is 35.3 Å². The van der Waals surface area contributed by atoms with Crippen LogP contribution in [-0.2, 0) is 6.54 Å². The molecule has 2 aromatic rings. The van der Waals surface area contributed by atoms with Crippen molar-refractivity contribution in [2.45, 2.75) is 6.54 Å². The van der Waals surface area contributed by atoms with Gasteiger partial charge in [-0.3, -0.25) is 0 Å². The van der Waals surface area contributed by atoms with Crippen molar-refractivity contribution in [2.24, 2.45) is 4.99 Å². The van der Waals surface area contributed by atoms with E-state index in [1.54, 1.807) is 7.11 Å². The maximum Gasteiger partial charge on any atom is 0.195 e. The highest BCUT2D eigenvalue weighted by atomic mass is 16.5. The van der Waals surface area contributed by atoms with E-state index in [0.29, 0.717) is 6.54 Å². The number of guanidine groups is 1. The summed E-state index contributed by atoms with van der Waals surface area (Å²) in [6.07, 6.45) is 0. The number of rotatable bonds is 3. The molecule has 1 aromatic heterocycles. The first kappa shape index (κ1) is 14.2. The van der Waals surface area contributed by atoms with Gasteiger partial charge in [0.25, 0.3) is 0 Å². The summed E-state index contributed by atoms with van der Waals surface area (Å²) in [5, 5.41) is 0.983. The van der Waals surface area contributed by atoms with E-state index < -0.39 is 0 Å². The highest BCUT2D eigenvalue weighted by Gasteiger charge is 2.14. The van der Waals surface area contributed by atoms with Crippen LogP contribution in [0.2, 0.25) is 0 Å². The molecule has 0 fully saturated rings. The van der Waals surface area contributed by atoms with Gasteiger partial charge in [0.05, 0.1) is 12.5 Å². The largest absolute Gasteiger partial charge is 0.492 e. The summed E-state index contributed by atoms with van der Waals surface area (Å²) in [5.41, 5.74) is 0.825.